The quantitative estimate of drug-likeness (QED) is 0.565. The molecule has 1 fully saturated rings. The molecule has 1 saturated heterocycles. The number of nitrogens with zero attached hydrogens (tertiary/aromatic N) is 2. The number of para-hydroxylation sites is 1. The predicted molar refractivity (Wildman–Crippen MR) is 102 cm³/mol. The lowest BCUT2D eigenvalue weighted by Crippen LogP contribution is -2.59. The van der Waals surface area contributed by atoms with Crippen molar-refractivity contribution in [2.75, 3.05) is 44.6 Å². The summed E-state index contributed by atoms with van der Waals surface area (Å²) in [6.45, 7) is 3.92. The second-order valence-corrected chi connectivity index (χ2v) is 6.51. The normalized spacial score (nSPS) is 16.9. The number of hydrogen-bond acceptors (Lipinski definition) is 5. The Hall–Kier alpha value is -2.45. The molecular formula is C19H28N4O4. The van der Waals surface area contributed by atoms with E-state index in [0.29, 0.717) is 31.9 Å². The Balaban J connectivity index is 2.01. The number of carbonyl (C=O) groups is 3. The first-order valence-corrected chi connectivity index (χ1v) is 9.30. The van der Waals surface area contributed by atoms with Gasteiger partial charge in [0.15, 0.2) is 0 Å². The summed E-state index contributed by atoms with van der Waals surface area (Å²) in [7, 11) is 0. The SMILES string of the molecule is CCCN(CCO)CC(=O)N1CCNC(=O)[C@@H]1CC(=O)Nc1ccccc1. The fourth-order valence-electron chi connectivity index (χ4n) is 3.13. The van der Waals surface area contributed by atoms with Crippen molar-refractivity contribution < 1.29 is 19.5 Å². The van der Waals surface area contributed by atoms with Gasteiger partial charge in [-0.05, 0) is 25.1 Å². The summed E-state index contributed by atoms with van der Waals surface area (Å²) < 4.78 is 0. The first-order chi connectivity index (χ1) is 13.0. The summed E-state index contributed by atoms with van der Waals surface area (Å²) in [4.78, 5) is 40.7. The molecule has 1 aromatic rings. The Morgan fingerprint density at radius 3 is 2.70 bits per heavy atom. The van der Waals surface area contributed by atoms with Gasteiger partial charge in [-0.1, -0.05) is 25.1 Å². The van der Waals surface area contributed by atoms with Crippen LogP contribution in [0.25, 0.3) is 0 Å². The molecule has 2 rings (SSSR count). The predicted octanol–water partition coefficient (Wildman–Crippen LogP) is 0.0465. The summed E-state index contributed by atoms with van der Waals surface area (Å²) in [6.07, 6.45) is 0.761. The summed E-state index contributed by atoms with van der Waals surface area (Å²) >= 11 is 0. The number of hydrogen-bond donors (Lipinski definition) is 3. The molecule has 0 spiro atoms. The highest BCUT2D eigenvalue weighted by Crippen LogP contribution is 2.13. The molecule has 8 nitrogen and oxygen atoms in total. The Labute approximate surface area is 159 Å². The second-order valence-electron chi connectivity index (χ2n) is 6.51. The van der Waals surface area contributed by atoms with Gasteiger partial charge >= 0.3 is 0 Å². The van der Waals surface area contributed by atoms with Crippen LogP contribution < -0.4 is 10.6 Å². The van der Waals surface area contributed by atoms with E-state index in [1.807, 2.05) is 30.0 Å². The van der Waals surface area contributed by atoms with Gasteiger partial charge in [0, 0.05) is 25.3 Å². The van der Waals surface area contributed by atoms with Crippen molar-refractivity contribution in [2.24, 2.45) is 0 Å². The molecule has 1 aromatic carbocycles. The molecule has 0 aromatic heterocycles. The Bertz CT molecular complexity index is 632. The van der Waals surface area contributed by atoms with Crippen molar-refractivity contribution >= 4 is 23.4 Å². The Morgan fingerprint density at radius 2 is 2.04 bits per heavy atom. The minimum absolute atomic E-state index is 0.0311. The molecule has 1 heterocycles. The molecule has 1 atom stereocenters. The van der Waals surface area contributed by atoms with E-state index < -0.39 is 6.04 Å². The molecule has 8 heteroatoms. The molecule has 3 N–H and O–H groups in total. The fourth-order valence-corrected chi connectivity index (χ4v) is 3.13. The third-order valence-electron chi connectivity index (χ3n) is 4.40. The number of rotatable bonds is 9. The maximum atomic E-state index is 12.7. The maximum Gasteiger partial charge on any atom is 0.243 e. The van der Waals surface area contributed by atoms with Gasteiger partial charge in [0.2, 0.25) is 17.7 Å². The molecule has 0 bridgehead atoms. The van der Waals surface area contributed by atoms with Gasteiger partial charge in [0.25, 0.3) is 0 Å². The van der Waals surface area contributed by atoms with Crippen LogP contribution in [0.3, 0.4) is 0 Å². The van der Waals surface area contributed by atoms with Crippen molar-refractivity contribution in [1.29, 1.82) is 0 Å². The van der Waals surface area contributed by atoms with E-state index in [9.17, 15) is 14.4 Å². The Morgan fingerprint density at radius 1 is 1.30 bits per heavy atom. The average Bonchev–Trinajstić information content (AvgIpc) is 2.64. The third-order valence-corrected chi connectivity index (χ3v) is 4.40. The van der Waals surface area contributed by atoms with E-state index in [4.69, 9.17) is 5.11 Å². The number of aliphatic hydroxyl groups is 1. The van der Waals surface area contributed by atoms with Crippen molar-refractivity contribution in [3.63, 3.8) is 0 Å². The first-order valence-electron chi connectivity index (χ1n) is 9.30. The lowest BCUT2D eigenvalue weighted by Gasteiger charge is -2.36. The van der Waals surface area contributed by atoms with Gasteiger partial charge in [0.05, 0.1) is 19.6 Å². The molecule has 0 saturated carbocycles. The van der Waals surface area contributed by atoms with Crippen LogP contribution in [0.2, 0.25) is 0 Å². The number of carbonyl (C=O) groups excluding carboxylic acids is 3. The van der Waals surface area contributed by atoms with E-state index >= 15 is 0 Å². The second kappa shape index (κ2) is 10.6. The first kappa shape index (κ1) is 20.9. The minimum Gasteiger partial charge on any atom is -0.395 e. The maximum absolute atomic E-state index is 12.7. The number of piperazine rings is 1. The van der Waals surface area contributed by atoms with Gasteiger partial charge in [-0.25, -0.2) is 0 Å². The lowest BCUT2D eigenvalue weighted by atomic mass is 10.1. The summed E-state index contributed by atoms with van der Waals surface area (Å²) in [5, 5.41) is 14.6. The fraction of sp³-hybridized carbons (Fsp3) is 0.526. The number of aliphatic hydroxyl groups excluding tert-OH is 1. The Kier molecular flexibility index (Phi) is 8.22. The van der Waals surface area contributed by atoms with Crippen LogP contribution in [0, 0.1) is 0 Å². The van der Waals surface area contributed by atoms with E-state index in [0.717, 1.165) is 6.42 Å². The highest BCUT2D eigenvalue weighted by Gasteiger charge is 2.35. The van der Waals surface area contributed by atoms with Crippen LogP contribution in [0.4, 0.5) is 5.69 Å². The van der Waals surface area contributed by atoms with Crippen LogP contribution in [-0.4, -0.2) is 78.0 Å². The van der Waals surface area contributed by atoms with E-state index in [-0.39, 0.29) is 37.3 Å². The molecule has 0 aliphatic carbocycles. The molecule has 3 amide bonds. The smallest absolute Gasteiger partial charge is 0.243 e. The van der Waals surface area contributed by atoms with Crippen LogP contribution in [0.15, 0.2) is 30.3 Å². The van der Waals surface area contributed by atoms with Crippen LogP contribution >= 0.6 is 0 Å². The van der Waals surface area contributed by atoms with Crippen molar-refractivity contribution in [3.8, 4) is 0 Å². The third kappa shape index (κ3) is 6.33. The molecule has 0 radical (unpaired) electrons. The molecule has 0 unspecified atom stereocenters. The average molecular weight is 376 g/mol. The molecule has 1 aliphatic rings. The highest BCUT2D eigenvalue weighted by molar-refractivity contribution is 5.97. The van der Waals surface area contributed by atoms with Crippen LogP contribution in [0.1, 0.15) is 19.8 Å². The summed E-state index contributed by atoms with van der Waals surface area (Å²) in [5.74, 6) is -0.840. The standard InChI is InChI=1S/C19H28N4O4/c1-2-9-22(11-12-24)14-18(26)23-10-8-20-19(27)16(23)13-17(25)21-15-6-4-3-5-7-15/h3-7,16,24H,2,8-14H2,1H3,(H,20,27)(H,21,25)/t16-/m0/s1. The largest absolute Gasteiger partial charge is 0.395 e. The van der Waals surface area contributed by atoms with E-state index in [2.05, 4.69) is 10.6 Å². The zero-order valence-electron chi connectivity index (χ0n) is 15.7. The lowest BCUT2D eigenvalue weighted by molar-refractivity contribution is -0.145. The number of amides is 3. The van der Waals surface area contributed by atoms with Gasteiger partial charge in [-0.2, -0.15) is 0 Å². The van der Waals surface area contributed by atoms with Gasteiger partial charge in [0.1, 0.15) is 6.04 Å². The summed E-state index contributed by atoms with van der Waals surface area (Å²) in [5.41, 5.74) is 0.647. The van der Waals surface area contributed by atoms with Crippen molar-refractivity contribution in [3.05, 3.63) is 30.3 Å². The molecule has 27 heavy (non-hydrogen) atoms. The highest BCUT2D eigenvalue weighted by atomic mass is 16.3. The molecule has 148 valence electrons. The van der Waals surface area contributed by atoms with E-state index in [1.165, 1.54) is 4.90 Å². The van der Waals surface area contributed by atoms with Crippen LogP contribution in [-0.2, 0) is 14.4 Å². The number of anilines is 1. The van der Waals surface area contributed by atoms with Gasteiger partial charge in [-0.3, -0.25) is 19.3 Å². The van der Waals surface area contributed by atoms with E-state index in [1.54, 1.807) is 12.1 Å². The summed E-state index contributed by atoms with van der Waals surface area (Å²) in [6, 6.07) is 8.16. The monoisotopic (exact) mass is 376 g/mol. The van der Waals surface area contributed by atoms with Crippen LogP contribution in [0.5, 0.6) is 0 Å². The number of benzene rings is 1. The topological polar surface area (TPSA) is 102 Å². The number of nitrogens with one attached hydrogen (secondary N) is 2. The zero-order valence-corrected chi connectivity index (χ0v) is 15.7. The van der Waals surface area contributed by atoms with Gasteiger partial charge in [-0.15, -0.1) is 0 Å². The van der Waals surface area contributed by atoms with Crippen molar-refractivity contribution in [1.82, 2.24) is 15.1 Å². The molecule has 1 aliphatic heterocycles. The van der Waals surface area contributed by atoms with Gasteiger partial charge < -0.3 is 20.6 Å². The molecular weight excluding hydrogens is 348 g/mol. The van der Waals surface area contributed by atoms with Crippen molar-refractivity contribution in [2.45, 2.75) is 25.8 Å². The zero-order chi connectivity index (χ0) is 19.6. The minimum atomic E-state index is -0.826.